The van der Waals surface area contributed by atoms with Crippen LogP contribution in [0, 0.1) is 0 Å². The number of aromatic nitrogens is 3. The van der Waals surface area contributed by atoms with Gasteiger partial charge in [-0.25, -0.2) is 15.0 Å². The van der Waals surface area contributed by atoms with Crippen LogP contribution in [0.4, 0.5) is 0 Å². The van der Waals surface area contributed by atoms with E-state index in [4.69, 9.17) is 15.0 Å². The van der Waals surface area contributed by atoms with Crippen molar-refractivity contribution >= 4 is 0 Å². The van der Waals surface area contributed by atoms with Gasteiger partial charge >= 0.3 is 0 Å². The van der Waals surface area contributed by atoms with Crippen LogP contribution in [0.3, 0.4) is 0 Å². The topological polar surface area (TPSA) is 38.7 Å². The third kappa shape index (κ3) is 6.67. The van der Waals surface area contributed by atoms with E-state index >= 15 is 0 Å². The van der Waals surface area contributed by atoms with E-state index in [1.165, 1.54) is 55.6 Å². The van der Waals surface area contributed by atoms with Crippen molar-refractivity contribution in [1.29, 1.82) is 0 Å². The minimum absolute atomic E-state index is 0.0993. The van der Waals surface area contributed by atoms with Gasteiger partial charge in [-0.05, 0) is 77.9 Å². The van der Waals surface area contributed by atoms with E-state index in [0.29, 0.717) is 17.5 Å². The molecule has 1 aromatic heterocycles. The van der Waals surface area contributed by atoms with E-state index < -0.39 is 0 Å². The van der Waals surface area contributed by atoms with E-state index in [-0.39, 0.29) is 22.7 Å². The molecule has 2 aliphatic carbocycles. The molecular formula is C65H51N3. The van der Waals surface area contributed by atoms with Crippen LogP contribution in [0.15, 0.2) is 224 Å². The summed E-state index contributed by atoms with van der Waals surface area (Å²) in [6.45, 7) is 9.45. The highest BCUT2D eigenvalue weighted by atomic mass is 15.0. The standard InChI is InChI=1S/C65H51N3/c1-64(2)53-38-18-14-30-47(53)59(48-31-15-19-39-54(48)64)57-45(42-24-8-5-9-25-42)34-22-36-51(57)62-66-61(44-28-12-7-13-29-44)67-63(68-62)52-37-23-35-46(43-26-10-6-11-27-43)58(52)60-49-32-16-20-40-55(49)65(3,4)56-41-21-17-33-50(56)60/h5-41,59-60H,1-4H3. The van der Waals surface area contributed by atoms with Crippen molar-refractivity contribution in [2.24, 2.45) is 0 Å². The first-order valence-corrected chi connectivity index (χ1v) is 23.9. The second kappa shape index (κ2) is 16.4. The lowest BCUT2D eigenvalue weighted by molar-refractivity contribution is 0.598. The normalized spacial score (nSPS) is 14.6. The van der Waals surface area contributed by atoms with Gasteiger partial charge in [0.1, 0.15) is 0 Å². The molecule has 0 saturated carbocycles. The van der Waals surface area contributed by atoms with E-state index in [1.807, 2.05) is 6.07 Å². The largest absolute Gasteiger partial charge is 0.208 e. The molecule has 1 heterocycles. The Labute approximate surface area is 400 Å². The maximum absolute atomic E-state index is 5.74. The van der Waals surface area contributed by atoms with Crippen molar-refractivity contribution < 1.29 is 0 Å². The molecule has 0 fully saturated rings. The van der Waals surface area contributed by atoms with E-state index in [9.17, 15) is 0 Å². The highest BCUT2D eigenvalue weighted by Gasteiger charge is 2.41. The van der Waals surface area contributed by atoms with Gasteiger partial charge in [-0.1, -0.05) is 252 Å². The molecule has 3 nitrogen and oxygen atoms in total. The van der Waals surface area contributed by atoms with Crippen LogP contribution in [0.5, 0.6) is 0 Å². The predicted molar refractivity (Wildman–Crippen MR) is 279 cm³/mol. The molecule has 0 spiro atoms. The molecule has 326 valence electrons. The Hall–Kier alpha value is -8.01. The van der Waals surface area contributed by atoms with Crippen molar-refractivity contribution in [3.05, 3.63) is 280 Å². The van der Waals surface area contributed by atoms with Gasteiger partial charge in [0, 0.05) is 39.4 Å². The molecule has 0 amide bonds. The molecule has 10 aromatic rings. The van der Waals surface area contributed by atoms with Gasteiger partial charge < -0.3 is 0 Å². The molecule has 0 unspecified atom stereocenters. The first-order chi connectivity index (χ1) is 33.3. The second-order valence-electron chi connectivity index (χ2n) is 19.4. The predicted octanol–water partition coefficient (Wildman–Crippen LogP) is 15.8. The molecule has 12 rings (SSSR count). The summed E-state index contributed by atoms with van der Waals surface area (Å²) < 4.78 is 0. The SMILES string of the molecule is CC1(C)c2ccccc2C(c2c(-c3ccccc3)cccc2-c2nc(-c3ccccc3)nc(-c3cccc(-c4ccccc4)c3C3c4ccccc4C(C)(C)c4ccccc43)n2)c2ccccc21. The first-order valence-electron chi connectivity index (χ1n) is 23.9. The third-order valence-electron chi connectivity index (χ3n) is 14.9. The van der Waals surface area contributed by atoms with Crippen molar-refractivity contribution in [2.75, 3.05) is 0 Å². The molecule has 9 aromatic carbocycles. The molecule has 2 aliphatic rings. The Morgan fingerprint density at radius 2 is 0.544 bits per heavy atom. The van der Waals surface area contributed by atoms with Gasteiger partial charge in [0.05, 0.1) is 0 Å². The smallest absolute Gasteiger partial charge is 0.164 e. The van der Waals surface area contributed by atoms with Gasteiger partial charge in [-0.3, -0.25) is 0 Å². The van der Waals surface area contributed by atoms with Crippen LogP contribution >= 0.6 is 0 Å². The lowest BCUT2D eigenvalue weighted by Crippen LogP contribution is -2.30. The molecule has 0 aliphatic heterocycles. The molecule has 0 bridgehead atoms. The Morgan fingerprint density at radius 3 is 0.897 bits per heavy atom. The Kier molecular flexibility index (Phi) is 9.99. The van der Waals surface area contributed by atoms with Crippen LogP contribution in [-0.4, -0.2) is 15.0 Å². The second-order valence-corrected chi connectivity index (χ2v) is 19.4. The summed E-state index contributed by atoms with van der Waals surface area (Å²) in [5.74, 6) is 1.72. The summed E-state index contributed by atoms with van der Waals surface area (Å²) in [7, 11) is 0. The average Bonchev–Trinajstić information content (AvgIpc) is 3.39. The fourth-order valence-corrected chi connectivity index (χ4v) is 11.7. The molecular weight excluding hydrogens is 823 g/mol. The highest BCUT2D eigenvalue weighted by molar-refractivity contribution is 5.84. The zero-order valence-electron chi connectivity index (χ0n) is 38.9. The average molecular weight is 874 g/mol. The molecule has 0 radical (unpaired) electrons. The number of benzene rings is 9. The summed E-state index contributed by atoms with van der Waals surface area (Å²) in [6.07, 6.45) is 0. The lowest BCUT2D eigenvalue weighted by Gasteiger charge is -2.41. The van der Waals surface area contributed by atoms with Crippen LogP contribution < -0.4 is 0 Å². The van der Waals surface area contributed by atoms with Crippen molar-refractivity contribution in [3.63, 3.8) is 0 Å². The third-order valence-corrected chi connectivity index (χ3v) is 14.9. The van der Waals surface area contributed by atoms with E-state index in [0.717, 1.165) is 38.9 Å². The number of hydrogen-bond acceptors (Lipinski definition) is 3. The fourth-order valence-electron chi connectivity index (χ4n) is 11.7. The Morgan fingerprint density at radius 1 is 0.265 bits per heavy atom. The molecule has 68 heavy (non-hydrogen) atoms. The molecule has 0 saturated heterocycles. The van der Waals surface area contributed by atoms with Crippen molar-refractivity contribution in [2.45, 2.75) is 50.4 Å². The van der Waals surface area contributed by atoms with Crippen LogP contribution in [-0.2, 0) is 10.8 Å². The van der Waals surface area contributed by atoms with Crippen molar-refractivity contribution in [3.8, 4) is 56.4 Å². The highest BCUT2D eigenvalue weighted by Crippen LogP contribution is 2.55. The molecule has 0 N–H and O–H groups in total. The fraction of sp³-hybridized carbons (Fsp3) is 0.123. The van der Waals surface area contributed by atoms with Gasteiger partial charge in [-0.15, -0.1) is 0 Å². The van der Waals surface area contributed by atoms with Gasteiger partial charge in [-0.2, -0.15) is 0 Å². The van der Waals surface area contributed by atoms with Crippen LogP contribution in [0.2, 0.25) is 0 Å². The summed E-state index contributed by atoms with van der Waals surface area (Å²) in [4.78, 5) is 16.8. The molecule has 3 heteroatoms. The maximum atomic E-state index is 5.74. The lowest BCUT2D eigenvalue weighted by atomic mass is 9.63. The quantitative estimate of drug-likeness (QED) is 0.160. The number of fused-ring (bicyclic) bond motifs is 4. The number of nitrogens with zero attached hydrogens (tertiary/aromatic N) is 3. The zero-order chi connectivity index (χ0) is 46.0. The van der Waals surface area contributed by atoms with Gasteiger partial charge in [0.25, 0.3) is 0 Å². The summed E-state index contributed by atoms with van der Waals surface area (Å²) in [6, 6.07) is 81.5. The van der Waals surface area contributed by atoms with Crippen LogP contribution in [0.25, 0.3) is 56.4 Å². The minimum Gasteiger partial charge on any atom is -0.208 e. The summed E-state index contributed by atoms with van der Waals surface area (Å²) in [5.41, 5.74) is 20.0. The summed E-state index contributed by atoms with van der Waals surface area (Å²) >= 11 is 0. The monoisotopic (exact) mass is 873 g/mol. The molecule has 0 atom stereocenters. The number of hydrogen-bond donors (Lipinski definition) is 0. The van der Waals surface area contributed by atoms with E-state index in [2.05, 4.69) is 246 Å². The van der Waals surface area contributed by atoms with Crippen molar-refractivity contribution in [1.82, 2.24) is 15.0 Å². The van der Waals surface area contributed by atoms with Crippen LogP contribution in [0.1, 0.15) is 95.2 Å². The van der Waals surface area contributed by atoms with Gasteiger partial charge in [0.15, 0.2) is 17.5 Å². The first kappa shape index (κ1) is 41.4. The zero-order valence-corrected chi connectivity index (χ0v) is 38.9. The Balaban J connectivity index is 1.18. The minimum atomic E-state index is -0.196. The Bertz CT molecular complexity index is 3210. The maximum Gasteiger partial charge on any atom is 0.164 e. The van der Waals surface area contributed by atoms with E-state index in [1.54, 1.807) is 0 Å². The van der Waals surface area contributed by atoms with Gasteiger partial charge in [0.2, 0.25) is 0 Å². The number of rotatable bonds is 7. The summed E-state index contributed by atoms with van der Waals surface area (Å²) in [5, 5.41) is 0.